The molecule has 3 aliphatic carbocycles. The van der Waals surface area contributed by atoms with E-state index in [2.05, 4.69) is 15.6 Å². The molecule has 1 aliphatic heterocycles. The number of fused-ring (bicyclic) bond motifs is 2. The topological polar surface area (TPSA) is 101 Å². The maximum absolute atomic E-state index is 12.9. The lowest BCUT2D eigenvalue weighted by atomic mass is 9.76. The van der Waals surface area contributed by atoms with Crippen molar-refractivity contribution in [1.82, 2.24) is 15.6 Å². The summed E-state index contributed by atoms with van der Waals surface area (Å²) in [4.78, 5) is 29.4. The number of nitrogens with one attached hydrogen (secondary N) is 2. The van der Waals surface area contributed by atoms with Crippen molar-refractivity contribution in [3.8, 4) is 5.75 Å². The summed E-state index contributed by atoms with van der Waals surface area (Å²) >= 11 is 5.97. The molecule has 11 heteroatoms. The number of rotatable bonds is 5. The average Bonchev–Trinajstić information content (AvgIpc) is 3.33. The largest absolute Gasteiger partial charge is 0.480 e. The molecular formula is C24H23ClF3N3O4. The van der Waals surface area contributed by atoms with Crippen molar-refractivity contribution in [2.24, 2.45) is 11.8 Å². The van der Waals surface area contributed by atoms with Crippen LogP contribution in [0.5, 0.6) is 5.75 Å². The molecule has 6 rings (SSSR count). The third-order valence-electron chi connectivity index (χ3n) is 7.14. The lowest BCUT2D eigenvalue weighted by Gasteiger charge is -2.40. The van der Waals surface area contributed by atoms with Crippen LogP contribution in [0, 0.1) is 11.8 Å². The molecule has 3 N–H and O–H groups in total. The van der Waals surface area contributed by atoms with E-state index in [-0.39, 0.29) is 36.6 Å². The number of benzene rings is 1. The number of pyridine rings is 1. The van der Waals surface area contributed by atoms with Gasteiger partial charge in [-0.15, -0.1) is 0 Å². The summed E-state index contributed by atoms with van der Waals surface area (Å²) < 4.78 is 43.8. The van der Waals surface area contributed by atoms with E-state index >= 15 is 0 Å². The zero-order valence-electron chi connectivity index (χ0n) is 18.4. The molecule has 3 saturated carbocycles. The number of aliphatic hydroxyl groups excluding tert-OH is 1. The Balaban J connectivity index is 1.15. The first-order valence-corrected chi connectivity index (χ1v) is 11.7. The van der Waals surface area contributed by atoms with Gasteiger partial charge in [-0.05, 0) is 55.5 Å². The quantitative estimate of drug-likeness (QED) is 0.572. The molecular weight excluding hydrogens is 487 g/mol. The lowest BCUT2D eigenvalue weighted by Crippen LogP contribution is -2.56. The van der Waals surface area contributed by atoms with E-state index in [1.807, 2.05) is 0 Å². The second-order valence-electron chi connectivity index (χ2n) is 9.54. The highest BCUT2D eigenvalue weighted by molar-refractivity contribution is 6.30. The minimum absolute atomic E-state index is 0.0246. The zero-order valence-corrected chi connectivity index (χ0v) is 19.2. The van der Waals surface area contributed by atoms with Crippen LogP contribution >= 0.6 is 11.6 Å². The predicted octanol–water partition coefficient (Wildman–Crippen LogP) is 3.54. The van der Waals surface area contributed by atoms with Gasteiger partial charge < -0.3 is 20.5 Å². The Morgan fingerprint density at radius 2 is 1.94 bits per heavy atom. The average molecular weight is 510 g/mol. The molecule has 2 heterocycles. The molecule has 35 heavy (non-hydrogen) atoms. The zero-order chi connectivity index (χ0) is 25.0. The molecule has 3 atom stereocenters. The summed E-state index contributed by atoms with van der Waals surface area (Å²) in [7, 11) is 0. The van der Waals surface area contributed by atoms with Crippen molar-refractivity contribution in [2.75, 3.05) is 0 Å². The number of hydrogen-bond donors (Lipinski definition) is 3. The molecule has 3 fully saturated rings. The minimum Gasteiger partial charge on any atom is -0.480 e. The van der Waals surface area contributed by atoms with Gasteiger partial charge in [-0.3, -0.25) is 14.6 Å². The minimum atomic E-state index is -4.46. The number of carbonyl (C=O) groups is 2. The molecule has 7 nitrogen and oxygen atoms in total. The summed E-state index contributed by atoms with van der Waals surface area (Å²) in [6, 6.07) is 7.04. The van der Waals surface area contributed by atoms with Gasteiger partial charge >= 0.3 is 6.18 Å². The van der Waals surface area contributed by atoms with Crippen molar-refractivity contribution in [1.29, 1.82) is 0 Å². The van der Waals surface area contributed by atoms with Crippen molar-refractivity contribution in [3.63, 3.8) is 0 Å². The molecule has 4 aliphatic rings. The van der Waals surface area contributed by atoms with E-state index in [0.29, 0.717) is 41.3 Å². The molecule has 186 valence electrons. The first kappa shape index (κ1) is 23.9. The Bertz CT molecular complexity index is 1150. The van der Waals surface area contributed by atoms with Crippen molar-refractivity contribution in [3.05, 3.63) is 58.4 Å². The van der Waals surface area contributed by atoms with Crippen LogP contribution in [-0.4, -0.2) is 33.5 Å². The highest BCUT2D eigenvalue weighted by atomic mass is 35.5. The maximum atomic E-state index is 12.9. The fourth-order valence-corrected chi connectivity index (χ4v) is 5.55. The molecule has 2 bridgehead atoms. The van der Waals surface area contributed by atoms with Gasteiger partial charge in [0, 0.05) is 34.7 Å². The van der Waals surface area contributed by atoms with Gasteiger partial charge in [0.15, 0.2) is 6.10 Å². The molecule has 2 amide bonds. The first-order chi connectivity index (χ1) is 16.5. The molecule has 0 spiro atoms. The summed E-state index contributed by atoms with van der Waals surface area (Å²) in [5.41, 5.74) is -0.466. The first-order valence-electron chi connectivity index (χ1n) is 11.3. The fourth-order valence-electron chi connectivity index (χ4n) is 5.37. The van der Waals surface area contributed by atoms with E-state index in [0.717, 1.165) is 12.3 Å². The van der Waals surface area contributed by atoms with Crippen molar-refractivity contribution < 1.29 is 32.6 Å². The van der Waals surface area contributed by atoms with E-state index in [1.54, 1.807) is 18.2 Å². The van der Waals surface area contributed by atoms with Gasteiger partial charge in [-0.1, -0.05) is 11.6 Å². The number of aliphatic hydroxyl groups is 1. The van der Waals surface area contributed by atoms with Gasteiger partial charge in [0.2, 0.25) is 5.91 Å². The second-order valence-corrected chi connectivity index (χ2v) is 9.98. The standard InChI is InChI=1S/C24H23ClF3N3O4/c25-14-2-4-19-16(5-14)18(32)6-20(35-19)22(34)31-23-7-12(8-23)17(9-23)21(33)30-11-15-3-1-13(10-29-15)24(26,27)28/h1-5,10,12,17-18,20,32H,6-9,11H2,(H,30,33)(H,31,34)/t12?,17?,18-,20-,23?/m1/s1. The highest BCUT2D eigenvalue weighted by Gasteiger charge is 2.59. The number of ether oxygens (including phenoxy) is 1. The predicted molar refractivity (Wildman–Crippen MR) is 118 cm³/mol. The Hall–Kier alpha value is -2.85. The van der Waals surface area contributed by atoms with Crippen LogP contribution in [0.3, 0.4) is 0 Å². The number of aromatic nitrogens is 1. The molecule has 0 radical (unpaired) electrons. The van der Waals surface area contributed by atoms with Crippen LogP contribution in [0.4, 0.5) is 13.2 Å². The van der Waals surface area contributed by atoms with Gasteiger partial charge in [-0.2, -0.15) is 13.2 Å². The van der Waals surface area contributed by atoms with Crippen LogP contribution in [0.1, 0.15) is 48.6 Å². The third-order valence-corrected chi connectivity index (χ3v) is 7.37. The third kappa shape index (κ3) is 4.69. The fraction of sp³-hybridized carbons (Fsp3) is 0.458. The second kappa shape index (κ2) is 8.67. The SMILES string of the molecule is O=C(NCc1ccc(C(F)(F)F)cn1)C1CC2(NC(=O)[C@H]3C[C@@H](O)c4cc(Cl)ccc4O3)CC1C2. The number of amides is 2. The summed E-state index contributed by atoms with van der Waals surface area (Å²) in [5, 5.41) is 16.7. The summed E-state index contributed by atoms with van der Waals surface area (Å²) in [5.74, 6) is -0.307. The van der Waals surface area contributed by atoms with Crippen LogP contribution in [-0.2, 0) is 22.3 Å². The van der Waals surface area contributed by atoms with Crippen molar-refractivity contribution >= 4 is 23.4 Å². The summed E-state index contributed by atoms with van der Waals surface area (Å²) in [6.45, 7) is 0.0246. The normalized spacial score (nSPS) is 28.9. The number of hydrogen-bond acceptors (Lipinski definition) is 5. The van der Waals surface area contributed by atoms with Crippen LogP contribution in [0.2, 0.25) is 5.02 Å². The Morgan fingerprint density at radius 3 is 2.63 bits per heavy atom. The Morgan fingerprint density at radius 1 is 1.17 bits per heavy atom. The molecule has 2 aromatic rings. The van der Waals surface area contributed by atoms with E-state index < -0.39 is 29.5 Å². The maximum Gasteiger partial charge on any atom is 0.417 e. The Labute approximate surface area is 204 Å². The van der Waals surface area contributed by atoms with Crippen LogP contribution < -0.4 is 15.4 Å². The van der Waals surface area contributed by atoms with Gasteiger partial charge in [0.25, 0.3) is 5.91 Å². The monoisotopic (exact) mass is 509 g/mol. The molecule has 1 aromatic carbocycles. The van der Waals surface area contributed by atoms with Crippen molar-refractivity contribution in [2.45, 2.75) is 56.2 Å². The molecule has 0 saturated heterocycles. The number of carbonyl (C=O) groups excluding carboxylic acids is 2. The van der Waals surface area contributed by atoms with Gasteiger partial charge in [0.05, 0.1) is 23.9 Å². The molecule has 1 aromatic heterocycles. The van der Waals surface area contributed by atoms with Crippen LogP contribution in [0.15, 0.2) is 36.5 Å². The van der Waals surface area contributed by atoms with Gasteiger partial charge in [-0.25, -0.2) is 0 Å². The Kier molecular flexibility index (Phi) is 5.91. The van der Waals surface area contributed by atoms with E-state index in [4.69, 9.17) is 16.3 Å². The van der Waals surface area contributed by atoms with Gasteiger partial charge in [0.1, 0.15) is 5.75 Å². The number of alkyl halides is 3. The van der Waals surface area contributed by atoms with E-state index in [9.17, 15) is 27.9 Å². The number of halogens is 4. The summed E-state index contributed by atoms with van der Waals surface area (Å²) in [6.07, 6.45) is -3.55. The number of nitrogens with zero attached hydrogens (tertiary/aromatic N) is 1. The smallest absolute Gasteiger partial charge is 0.417 e. The van der Waals surface area contributed by atoms with Crippen LogP contribution in [0.25, 0.3) is 0 Å². The lowest BCUT2D eigenvalue weighted by molar-refractivity contribution is -0.138. The molecule has 1 unspecified atom stereocenters. The van der Waals surface area contributed by atoms with E-state index in [1.165, 1.54) is 6.07 Å². The highest BCUT2D eigenvalue weighted by Crippen LogP contribution is 2.55.